The van der Waals surface area contributed by atoms with Crippen LogP contribution in [-0.4, -0.2) is 68.6 Å². The van der Waals surface area contributed by atoms with Crippen molar-refractivity contribution in [1.29, 1.82) is 0 Å². The molecule has 3 aliphatic heterocycles. The molecule has 0 bridgehead atoms. The summed E-state index contributed by atoms with van der Waals surface area (Å²) < 4.78 is 0. The number of benzene rings is 2. The molecule has 0 aromatic heterocycles. The second-order valence-corrected chi connectivity index (χ2v) is 9.43. The van der Waals surface area contributed by atoms with Gasteiger partial charge < -0.3 is 20.4 Å². The van der Waals surface area contributed by atoms with Crippen LogP contribution in [0.25, 0.3) is 0 Å². The molecule has 0 spiro atoms. The number of halogens is 1. The molecule has 3 heterocycles. The number of amides is 2. The molecule has 2 aromatic carbocycles. The Bertz CT molecular complexity index is 1040. The molecular weight excluding hydrogens is 438 g/mol. The third-order valence-electron chi connectivity index (χ3n) is 6.89. The first kappa shape index (κ1) is 22.0. The number of hydrogen-bond acceptors (Lipinski definition) is 5. The highest BCUT2D eigenvalue weighted by molar-refractivity contribution is 6.30. The smallest absolute Gasteiger partial charge is 0.251 e. The van der Waals surface area contributed by atoms with Crippen molar-refractivity contribution in [3.63, 3.8) is 0 Å². The number of carbonyl (C=O) groups is 2. The van der Waals surface area contributed by atoms with Gasteiger partial charge in [0, 0.05) is 62.1 Å². The van der Waals surface area contributed by atoms with Crippen LogP contribution in [0.1, 0.15) is 29.6 Å². The van der Waals surface area contributed by atoms with Gasteiger partial charge in [-0.3, -0.25) is 14.5 Å². The van der Waals surface area contributed by atoms with Crippen LogP contribution in [0, 0.1) is 0 Å². The Morgan fingerprint density at radius 1 is 1.06 bits per heavy atom. The summed E-state index contributed by atoms with van der Waals surface area (Å²) in [4.78, 5) is 32.1. The number of fused-ring (bicyclic) bond motifs is 3. The van der Waals surface area contributed by atoms with Gasteiger partial charge in [-0.25, -0.2) is 0 Å². The van der Waals surface area contributed by atoms with Crippen LogP contribution in [0.4, 0.5) is 17.1 Å². The first-order valence-corrected chi connectivity index (χ1v) is 12.2. The fourth-order valence-electron chi connectivity index (χ4n) is 5.07. The van der Waals surface area contributed by atoms with E-state index in [-0.39, 0.29) is 17.9 Å². The lowest BCUT2D eigenvalue weighted by Gasteiger charge is -2.41. The van der Waals surface area contributed by atoms with Crippen LogP contribution < -0.4 is 20.4 Å². The van der Waals surface area contributed by atoms with Gasteiger partial charge in [0.1, 0.15) is 6.04 Å². The van der Waals surface area contributed by atoms with Crippen LogP contribution >= 0.6 is 11.6 Å². The molecule has 8 heteroatoms. The van der Waals surface area contributed by atoms with Crippen LogP contribution in [0.3, 0.4) is 0 Å². The standard InChI is InChI=1S/C25H30ClN5O2/c26-19-4-3-5-20(17-19)30-14-12-29(13-15-30)11-9-27-24(32)18-7-8-22-21(16-18)28-25(33)23-6-1-2-10-31(22)23/h3-5,7-8,16-17,23H,1-2,6,9-15H2,(H,27,32)(H,28,33)/t23-/m1/s1. The molecular formula is C25H30ClN5O2. The first-order valence-electron chi connectivity index (χ1n) is 11.8. The van der Waals surface area contributed by atoms with Crippen molar-refractivity contribution < 1.29 is 9.59 Å². The molecule has 33 heavy (non-hydrogen) atoms. The van der Waals surface area contributed by atoms with E-state index in [0.29, 0.717) is 12.1 Å². The summed E-state index contributed by atoms with van der Waals surface area (Å²) in [5, 5.41) is 6.79. The Morgan fingerprint density at radius 2 is 1.91 bits per heavy atom. The molecule has 2 amide bonds. The maximum absolute atomic E-state index is 12.7. The van der Waals surface area contributed by atoms with Gasteiger partial charge in [0.25, 0.3) is 5.91 Å². The number of anilines is 3. The topological polar surface area (TPSA) is 67.9 Å². The van der Waals surface area contributed by atoms with Crippen molar-refractivity contribution >= 4 is 40.5 Å². The quantitative estimate of drug-likeness (QED) is 0.706. The Hall–Kier alpha value is -2.77. The molecule has 7 nitrogen and oxygen atoms in total. The van der Waals surface area contributed by atoms with E-state index >= 15 is 0 Å². The van der Waals surface area contributed by atoms with E-state index in [1.165, 1.54) is 0 Å². The predicted molar refractivity (Wildman–Crippen MR) is 132 cm³/mol. The number of rotatable bonds is 5. The van der Waals surface area contributed by atoms with E-state index in [1.54, 1.807) is 6.07 Å². The summed E-state index contributed by atoms with van der Waals surface area (Å²) in [6.07, 6.45) is 3.07. The fourth-order valence-corrected chi connectivity index (χ4v) is 5.25. The van der Waals surface area contributed by atoms with Crippen LogP contribution in [-0.2, 0) is 4.79 Å². The maximum atomic E-state index is 12.7. The molecule has 2 aromatic rings. The molecule has 174 valence electrons. The molecule has 0 radical (unpaired) electrons. The minimum absolute atomic E-state index is 0.0386. The van der Waals surface area contributed by atoms with Gasteiger partial charge in [0.15, 0.2) is 0 Å². The lowest BCUT2D eigenvalue weighted by molar-refractivity contribution is -0.118. The minimum Gasteiger partial charge on any atom is -0.369 e. The molecule has 2 saturated heterocycles. The molecule has 0 saturated carbocycles. The van der Waals surface area contributed by atoms with Gasteiger partial charge in [0.2, 0.25) is 5.91 Å². The zero-order valence-electron chi connectivity index (χ0n) is 18.7. The number of piperidine rings is 1. The second kappa shape index (κ2) is 9.61. The van der Waals surface area contributed by atoms with Gasteiger partial charge in [-0.1, -0.05) is 17.7 Å². The van der Waals surface area contributed by atoms with Gasteiger partial charge in [-0.2, -0.15) is 0 Å². The average Bonchev–Trinajstić information content (AvgIpc) is 2.84. The molecule has 2 N–H and O–H groups in total. The highest BCUT2D eigenvalue weighted by Gasteiger charge is 2.34. The van der Waals surface area contributed by atoms with E-state index in [4.69, 9.17) is 11.6 Å². The van der Waals surface area contributed by atoms with Gasteiger partial charge >= 0.3 is 0 Å². The minimum atomic E-state index is -0.106. The predicted octanol–water partition coefficient (Wildman–Crippen LogP) is 3.20. The number of nitrogens with zero attached hydrogens (tertiary/aromatic N) is 3. The SMILES string of the molecule is O=C(NCCN1CCN(c2cccc(Cl)c2)CC1)c1ccc2c(c1)NC(=O)[C@H]1CCCCN21. The maximum Gasteiger partial charge on any atom is 0.251 e. The van der Waals surface area contributed by atoms with Crippen LogP contribution in [0.15, 0.2) is 42.5 Å². The summed E-state index contributed by atoms with van der Waals surface area (Å²) in [7, 11) is 0. The lowest BCUT2D eigenvalue weighted by Crippen LogP contribution is -2.50. The molecule has 5 rings (SSSR count). The Labute approximate surface area is 199 Å². The van der Waals surface area contributed by atoms with Crippen LogP contribution in [0.5, 0.6) is 0 Å². The van der Waals surface area contributed by atoms with Crippen molar-refractivity contribution in [3.05, 3.63) is 53.1 Å². The third kappa shape index (κ3) is 4.80. The van der Waals surface area contributed by atoms with Crippen LogP contribution in [0.2, 0.25) is 5.02 Å². The Morgan fingerprint density at radius 3 is 2.73 bits per heavy atom. The van der Waals surface area contributed by atoms with Crippen molar-refractivity contribution in [2.24, 2.45) is 0 Å². The Balaban J connectivity index is 1.12. The van der Waals surface area contributed by atoms with E-state index in [1.807, 2.05) is 30.3 Å². The molecule has 1 atom stereocenters. The number of hydrogen-bond donors (Lipinski definition) is 2. The molecule has 2 fully saturated rings. The normalized spacial score (nSPS) is 20.6. The second-order valence-electron chi connectivity index (χ2n) is 8.99. The van der Waals surface area contributed by atoms with Gasteiger partial charge in [-0.05, 0) is 55.7 Å². The van der Waals surface area contributed by atoms with E-state index in [2.05, 4.69) is 31.4 Å². The highest BCUT2D eigenvalue weighted by Crippen LogP contribution is 2.36. The summed E-state index contributed by atoms with van der Waals surface area (Å²) in [5.41, 5.74) is 3.50. The van der Waals surface area contributed by atoms with Gasteiger partial charge in [-0.15, -0.1) is 0 Å². The number of piperazine rings is 1. The highest BCUT2D eigenvalue weighted by atomic mass is 35.5. The first-order chi connectivity index (χ1) is 16.1. The zero-order valence-corrected chi connectivity index (χ0v) is 19.5. The van der Waals surface area contributed by atoms with Crippen molar-refractivity contribution in [2.75, 3.05) is 60.9 Å². The average molecular weight is 468 g/mol. The summed E-state index contributed by atoms with van der Waals surface area (Å²) in [6.45, 7) is 6.07. The summed E-state index contributed by atoms with van der Waals surface area (Å²) in [6, 6.07) is 13.5. The summed E-state index contributed by atoms with van der Waals surface area (Å²) in [5.74, 6) is -0.0675. The largest absolute Gasteiger partial charge is 0.369 e. The fraction of sp³-hybridized carbons (Fsp3) is 0.440. The molecule has 0 aliphatic carbocycles. The molecule has 3 aliphatic rings. The number of carbonyl (C=O) groups excluding carboxylic acids is 2. The zero-order chi connectivity index (χ0) is 22.8. The van der Waals surface area contributed by atoms with Crippen molar-refractivity contribution in [2.45, 2.75) is 25.3 Å². The monoisotopic (exact) mass is 467 g/mol. The lowest BCUT2D eigenvalue weighted by atomic mass is 9.97. The number of nitrogens with one attached hydrogen (secondary N) is 2. The van der Waals surface area contributed by atoms with Crippen molar-refractivity contribution in [3.8, 4) is 0 Å². The van der Waals surface area contributed by atoms with Crippen molar-refractivity contribution in [1.82, 2.24) is 10.2 Å². The van der Waals surface area contributed by atoms with E-state index in [9.17, 15) is 9.59 Å². The van der Waals surface area contributed by atoms with E-state index in [0.717, 1.165) is 80.6 Å². The molecule has 0 unspecified atom stereocenters. The summed E-state index contributed by atoms with van der Waals surface area (Å²) >= 11 is 6.12. The Kier molecular flexibility index (Phi) is 6.42. The van der Waals surface area contributed by atoms with E-state index < -0.39 is 0 Å². The van der Waals surface area contributed by atoms with Gasteiger partial charge in [0.05, 0.1) is 11.4 Å². The third-order valence-corrected chi connectivity index (χ3v) is 7.13.